The van der Waals surface area contributed by atoms with Gasteiger partial charge in [-0.2, -0.15) is 0 Å². The first kappa shape index (κ1) is 20.2. The lowest BCUT2D eigenvalue weighted by atomic mass is 10.1. The molecule has 10 heteroatoms. The van der Waals surface area contributed by atoms with Gasteiger partial charge in [0.2, 0.25) is 0 Å². The van der Waals surface area contributed by atoms with Crippen molar-refractivity contribution < 1.29 is 14.2 Å². The molecule has 32 heavy (non-hydrogen) atoms. The molecule has 0 saturated heterocycles. The molecule has 0 atom stereocenters. The first-order valence-corrected chi connectivity index (χ1v) is 11.2. The molecule has 162 valence electrons. The van der Waals surface area contributed by atoms with Gasteiger partial charge < -0.3 is 10.4 Å². The minimum atomic E-state index is -3.57. The average Bonchev–Trinajstić information content (AvgIpc) is 2.76. The van der Waals surface area contributed by atoms with Crippen LogP contribution in [0.25, 0.3) is 11.0 Å². The minimum absolute atomic E-state index is 0.113. The Hall–Kier alpha value is -3.73. The van der Waals surface area contributed by atoms with E-state index in [1.54, 1.807) is 42.5 Å². The molecule has 1 aliphatic heterocycles. The summed E-state index contributed by atoms with van der Waals surface area (Å²) in [7, 11) is -3.57. The Kier molecular flexibility index (Phi) is 4.70. The average molecular weight is 449 g/mol. The molecular formula is C22H19N5O4S. The number of aromatic nitrogens is 3. The van der Waals surface area contributed by atoms with Gasteiger partial charge in [-0.25, -0.2) is 4.98 Å². The topological polar surface area (TPSA) is 133 Å². The highest BCUT2D eigenvalue weighted by Gasteiger charge is 2.30. The zero-order chi connectivity index (χ0) is 22.5. The second-order valence-corrected chi connectivity index (χ2v) is 9.00. The number of anilines is 1. The monoisotopic (exact) mass is 449 g/mol. The molecule has 0 saturated carbocycles. The highest BCUT2D eigenvalue weighted by atomic mass is 32.3. The van der Waals surface area contributed by atoms with Crippen molar-refractivity contribution in [3.8, 4) is 5.75 Å². The second kappa shape index (κ2) is 7.45. The number of hydrogen-bond acceptors (Lipinski definition) is 8. The first-order chi connectivity index (χ1) is 15.3. The molecule has 0 amide bonds. The number of nitrogens with one attached hydrogen (secondary N) is 1. The Morgan fingerprint density at radius 2 is 1.88 bits per heavy atom. The third-order valence-corrected chi connectivity index (χ3v) is 6.53. The Balaban J connectivity index is 1.75. The van der Waals surface area contributed by atoms with E-state index < -0.39 is 16.3 Å². The maximum atomic E-state index is 13.6. The number of pyridine rings is 3. The number of nitrogens with zero attached hydrogens (tertiary/aromatic N) is 4. The van der Waals surface area contributed by atoms with Crippen LogP contribution in [0.5, 0.6) is 5.75 Å². The number of fused-ring (bicyclic) bond motifs is 2. The molecule has 0 bridgehead atoms. The van der Waals surface area contributed by atoms with E-state index in [4.69, 9.17) is 0 Å². The van der Waals surface area contributed by atoms with Crippen molar-refractivity contribution in [3.63, 3.8) is 0 Å². The largest absolute Gasteiger partial charge is 0.506 e. The molecule has 3 aromatic heterocycles. The lowest BCUT2D eigenvalue weighted by Crippen LogP contribution is -2.32. The Morgan fingerprint density at radius 1 is 1.06 bits per heavy atom. The summed E-state index contributed by atoms with van der Waals surface area (Å²) in [6.07, 6.45) is 1.53. The van der Waals surface area contributed by atoms with E-state index in [0.717, 1.165) is 5.69 Å². The van der Waals surface area contributed by atoms with Gasteiger partial charge in [0.25, 0.3) is 5.56 Å². The molecule has 9 nitrogen and oxygen atoms in total. The van der Waals surface area contributed by atoms with Gasteiger partial charge in [0.1, 0.15) is 21.9 Å². The molecule has 4 N–H and O–H groups in total. The molecule has 1 aliphatic rings. The number of aryl methyl sites for hydroxylation is 1. The van der Waals surface area contributed by atoms with E-state index in [1.165, 1.54) is 10.8 Å². The van der Waals surface area contributed by atoms with Crippen LogP contribution >= 0.6 is 10.8 Å². The summed E-state index contributed by atoms with van der Waals surface area (Å²) >= 11 is 0. The SMILES string of the molecule is Cc1cccc(Cn2c(=O)c(C3=NS(O)(O)c4ccccc4N3)c(O)c3cccnc32)n1. The van der Waals surface area contributed by atoms with Crippen molar-refractivity contribution in [3.05, 3.63) is 88.1 Å². The number of hydrogen-bond donors (Lipinski definition) is 4. The van der Waals surface area contributed by atoms with Gasteiger partial charge in [-0.15, -0.1) is 4.40 Å². The van der Waals surface area contributed by atoms with E-state index in [0.29, 0.717) is 16.8 Å². The quantitative estimate of drug-likeness (QED) is 0.374. The van der Waals surface area contributed by atoms with Crippen LogP contribution in [-0.4, -0.2) is 34.6 Å². The van der Waals surface area contributed by atoms with Crippen LogP contribution in [0.15, 0.2) is 74.9 Å². The minimum Gasteiger partial charge on any atom is -0.506 e. The molecule has 5 rings (SSSR count). The smallest absolute Gasteiger partial charge is 0.267 e. The molecule has 0 aliphatic carbocycles. The normalized spacial score (nSPS) is 15.5. The number of aromatic hydroxyl groups is 1. The molecular weight excluding hydrogens is 430 g/mol. The van der Waals surface area contributed by atoms with Gasteiger partial charge in [0.15, 0.2) is 5.84 Å². The molecule has 4 heterocycles. The van der Waals surface area contributed by atoms with E-state index in [9.17, 15) is 19.0 Å². The molecule has 4 aromatic rings. The fourth-order valence-corrected chi connectivity index (χ4v) is 4.88. The van der Waals surface area contributed by atoms with Crippen molar-refractivity contribution >= 4 is 33.3 Å². The van der Waals surface area contributed by atoms with E-state index in [1.807, 2.05) is 19.1 Å². The zero-order valence-corrected chi connectivity index (χ0v) is 17.7. The van der Waals surface area contributed by atoms with Crippen LogP contribution in [0, 0.1) is 6.92 Å². The zero-order valence-electron chi connectivity index (χ0n) is 16.9. The highest BCUT2D eigenvalue weighted by molar-refractivity contribution is 8.23. The predicted octanol–water partition coefficient (Wildman–Crippen LogP) is 3.75. The summed E-state index contributed by atoms with van der Waals surface area (Å²) in [5, 5.41) is 14.3. The molecule has 0 spiro atoms. The maximum Gasteiger partial charge on any atom is 0.267 e. The maximum absolute atomic E-state index is 13.6. The van der Waals surface area contributed by atoms with Gasteiger partial charge in [-0.05, 0) is 43.3 Å². The van der Waals surface area contributed by atoms with Crippen LogP contribution in [0.2, 0.25) is 0 Å². The molecule has 0 unspecified atom stereocenters. The van der Waals surface area contributed by atoms with Crippen molar-refractivity contribution in [1.82, 2.24) is 14.5 Å². The summed E-state index contributed by atoms with van der Waals surface area (Å²) in [5.74, 6) is -0.463. The van der Waals surface area contributed by atoms with Gasteiger partial charge in [-0.3, -0.25) is 23.5 Å². The number of para-hydroxylation sites is 1. The first-order valence-electron chi connectivity index (χ1n) is 9.73. The van der Waals surface area contributed by atoms with Crippen LogP contribution in [0.1, 0.15) is 17.0 Å². The highest BCUT2D eigenvalue weighted by Crippen LogP contribution is 2.55. The van der Waals surface area contributed by atoms with Gasteiger partial charge in [-0.1, -0.05) is 29.0 Å². The molecule has 0 fully saturated rings. The number of amidine groups is 1. The molecule has 0 radical (unpaired) electrons. The summed E-state index contributed by atoms with van der Waals surface area (Å²) < 4.78 is 26.6. The summed E-state index contributed by atoms with van der Waals surface area (Å²) in [6, 6.07) is 15.3. The van der Waals surface area contributed by atoms with E-state index >= 15 is 0 Å². The van der Waals surface area contributed by atoms with Crippen LogP contribution in [-0.2, 0) is 6.54 Å². The number of benzene rings is 1. The van der Waals surface area contributed by atoms with Crippen LogP contribution < -0.4 is 10.9 Å². The Bertz CT molecular complexity index is 1460. The van der Waals surface area contributed by atoms with E-state index in [2.05, 4.69) is 19.7 Å². The van der Waals surface area contributed by atoms with Gasteiger partial charge in [0, 0.05) is 11.9 Å². The molecule has 1 aromatic carbocycles. The van der Waals surface area contributed by atoms with Crippen LogP contribution in [0.3, 0.4) is 0 Å². The fourth-order valence-electron chi connectivity index (χ4n) is 3.72. The standard InChI is InChI=1S/C22H19N5O4S/c1-13-6-4-7-14(24-13)12-27-21-15(8-5-11-23-21)19(28)18(22(27)29)20-25-16-9-2-3-10-17(16)32(30,31)26-20/h2-11,28,30-31H,12H2,1H3,(H,25,26). The third kappa shape index (κ3) is 3.30. The third-order valence-electron chi connectivity index (χ3n) is 5.15. The lowest BCUT2D eigenvalue weighted by molar-refractivity contribution is 0.477. The number of rotatable bonds is 3. The summed E-state index contributed by atoms with van der Waals surface area (Å²) in [4.78, 5) is 22.5. The van der Waals surface area contributed by atoms with E-state index in [-0.39, 0.29) is 34.2 Å². The lowest BCUT2D eigenvalue weighted by Gasteiger charge is -2.34. The second-order valence-electron chi connectivity index (χ2n) is 7.34. The predicted molar refractivity (Wildman–Crippen MR) is 123 cm³/mol. The van der Waals surface area contributed by atoms with Gasteiger partial charge in [0.05, 0.1) is 23.3 Å². The Labute approximate surface area is 184 Å². The van der Waals surface area contributed by atoms with Crippen molar-refractivity contribution in [2.45, 2.75) is 18.4 Å². The van der Waals surface area contributed by atoms with Crippen molar-refractivity contribution in [2.24, 2.45) is 4.40 Å². The Morgan fingerprint density at radius 3 is 2.69 bits per heavy atom. The van der Waals surface area contributed by atoms with Crippen molar-refractivity contribution in [2.75, 3.05) is 5.32 Å². The van der Waals surface area contributed by atoms with Crippen LogP contribution in [0.4, 0.5) is 5.69 Å². The fraction of sp³-hybridized carbons (Fsp3) is 0.0909. The summed E-state index contributed by atoms with van der Waals surface area (Å²) in [6.45, 7) is 1.97. The van der Waals surface area contributed by atoms with Gasteiger partial charge >= 0.3 is 0 Å². The van der Waals surface area contributed by atoms with Crippen molar-refractivity contribution in [1.29, 1.82) is 0 Å². The summed E-state index contributed by atoms with van der Waals surface area (Å²) in [5.41, 5.74) is 1.37.